The van der Waals surface area contributed by atoms with Gasteiger partial charge in [0.1, 0.15) is 4.21 Å². The molecule has 3 rings (SSSR count). The number of thiophene rings is 1. The minimum absolute atomic E-state index is 0.00976. The molecule has 0 aromatic carbocycles. The molecule has 1 aromatic rings. The van der Waals surface area contributed by atoms with Crippen molar-refractivity contribution >= 4 is 27.3 Å². The molecule has 1 aromatic heterocycles. The van der Waals surface area contributed by atoms with Gasteiger partial charge in [-0.1, -0.05) is 20.8 Å². The Labute approximate surface area is 160 Å². The van der Waals surface area contributed by atoms with Crippen LogP contribution in [0.2, 0.25) is 0 Å². The van der Waals surface area contributed by atoms with Crippen molar-refractivity contribution in [1.29, 1.82) is 0 Å². The van der Waals surface area contributed by atoms with Crippen LogP contribution in [0.15, 0.2) is 16.3 Å². The van der Waals surface area contributed by atoms with Crippen molar-refractivity contribution in [2.24, 2.45) is 5.41 Å². The predicted molar refractivity (Wildman–Crippen MR) is 104 cm³/mol. The fourth-order valence-electron chi connectivity index (χ4n) is 3.63. The largest absolute Gasteiger partial charge is 0.355 e. The second-order valence-electron chi connectivity index (χ2n) is 8.19. The third-order valence-corrected chi connectivity index (χ3v) is 8.71. The van der Waals surface area contributed by atoms with Crippen LogP contribution in [0.25, 0.3) is 0 Å². The van der Waals surface area contributed by atoms with Gasteiger partial charge < -0.3 is 10.6 Å². The van der Waals surface area contributed by atoms with Crippen LogP contribution in [0.5, 0.6) is 0 Å². The van der Waals surface area contributed by atoms with Gasteiger partial charge in [-0.3, -0.25) is 4.79 Å². The molecular weight excluding hydrogens is 370 g/mol. The van der Waals surface area contributed by atoms with E-state index in [-0.39, 0.29) is 18.0 Å². The number of rotatable bonds is 5. The van der Waals surface area contributed by atoms with Gasteiger partial charge in [0.05, 0.1) is 0 Å². The van der Waals surface area contributed by atoms with Crippen molar-refractivity contribution in [2.45, 2.75) is 62.7 Å². The molecule has 2 bridgehead atoms. The lowest BCUT2D eigenvalue weighted by molar-refractivity contribution is -0.128. The van der Waals surface area contributed by atoms with Crippen molar-refractivity contribution in [1.82, 2.24) is 14.9 Å². The summed E-state index contributed by atoms with van der Waals surface area (Å²) in [6, 6.07) is 3.79. The van der Waals surface area contributed by atoms with Crippen LogP contribution in [0.4, 0.5) is 0 Å². The number of carbonyl (C=O) groups is 1. The number of hydrogen-bond acceptors (Lipinski definition) is 5. The van der Waals surface area contributed by atoms with E-state index in [9.17, 15) is 13.2 Å². The fraction of sp³-hybridized carbons (Fsp3) is 0.722. The number of nitrogens with zero attached hydrogens (tertiary/aromatic N) is 1. The number of amides is 1. The summed E-state index contributed by atoms with van der Waals surface area (Å²) in [6.07, 6.45) is 3.43. The van der Waals surface area contributed by atoms with E-state index >= 15 is 0 Å². The van der Waals surface area contributed by atoms with Crippen molar-refractivity contribution in [3.8, 4) is 0 Å². The van der Waals surface area contributed by atoms with Gasteiger partial charge >= 0.3 is 0 Å². The summed E-state index contributed by atoms with van der Waals surface area (Å²) < 4.78 is 28.5. The summed E-state index contributed by atoms with van der Waals surface area (Å²) in [7, 11) is -3.44. The molecule has 0 aliphatic carbocycles. The van der Waals surface area contributed by atoms with E-state index in [0.29, 0.717) is 17.2 Å². The maximum Gasteiger partial charge on any atom is 0.253 e. The highest BCUT2D eigenvalue weighted by Gasteiger charge is 2.43. The second kappa shape index (κ2) is 7.58. The summed E-state index contributed by atoms with van der Waals surface area (Å²) in [6.45, 7) is 7.78. The first-order chi connectivity index (χ1) is 12.2. The number of sulfonamides is 1. The standard InChI is InChI=1S/C18H29N3O3S2/c1-18(2,3)17(22)20-11-9-15-6-7-16(25-15)26(23,24)21-13-4-5-14(21)12-19-10-8-13/h6-7,13-14,19H,4-5,8-12H2,1-3H3,(H,20,22). The first kappa shape index (κ1) is 19.8. The van der Waals surface area contributed by atoms with Gasteiger partial charge in [0, 0.05) is 35.5 Å². The molecule has 146 valence electrons. The summed E-state index contributed by atoms with van der Waals surface area (Å²) in [5.41, 5.74) is -0.413. The monoisotopic (exact) mass is 399 g/mol. The van der Waals surface area contributed by atoms with Gasteiger partial charge in [-0.2, -0.15) is 4.31 Å². The number of carbonyl (C=O) groups excluding carboxylic acids is 1. The number of fused-ring (bicyclic) bond motifs is 2. The topological polar surface area (TPSA) is 78.5 Å². The van der Waals surface area contributed by atoms with Crippen molar-refractivity contribution in [2.75, 3.05) is 19.6 Å². The lowest BCUT2D eigenvalue weighted by Gasteiger charge is -2.26. The molecule has 2 unspecified atom stereocenters. The van der Waals surface area contributed by atoms with E-state index < -0.39 is 15.4 Å². The Morgan fingerprint density at radius 2 is 2.00 bits per heavy atom. The zero-order valence-corrected chi connectivity index (χ0v) is 17.4. The third-order valence-electron chi connectivity index (χ3n) is 5.09. The molecule has 2 aliphatic rings. The molecule has 0 radical (unpaired) electrons. The molecule has 0 saturated carbocycles. The van der Waals surface area contributed by atoms with Gasteiger partial charge in [0.25, 0.3) is 10.0 Å². The Bertz CT molecular complexity index is 738. The van der Waals surface area contributed by atoms with Crippen LogP contribution in [0.1, 0.15) is 44.9 Å². The number of nitrogens with one attached hydrogen (secondary N) is 2. The van der Waals surface area contributed by atoms with Gasteiger partial charge in [0.15, 0.2) is 0 Å². The van der Waals surface area contributed by atoms with Crippen LogP contribution in [-0.2, 0) is 21.2 Å². The highest BCUT2D eigenvalue weighted by Crippen LogP contribution is 2.35. The lowest BCUT2D eigenvalue weighted by atomic mass is 9.96. The fourth-order valence-corrected chi connectivity index (χ4v) is 6.99. The zero-order chi connectivity index (χ0) is 18.9. The zero-order valence-electron chi connectivity index (χ0n) is 15.7. The Balaban J connectivity index is 1.66. The molecule has 1 amide bonds. The Kier molecular flexibility index (Phi) is 5.77. The normalized spacial score (nSPS) is 24.4. The predicted octanol–water partition coefficient (Wildman–Crippen LogP) is 1.97. The summed E-state index contributed by atoms with van der Waals surface area (Å²) in [4.78, 5) is 12.9. The minimum atomic E-state index is -3.44. The minimum Gasteiger partial charge on any atom is -0.355 e. The van der Waals surface area contributed by atoms with Crippen LogP contribution >= 0.6 is 11.3 Å². The lowest BCUT2D eigenvalue weighted by Crippen LogP contribution is -2.42. The van der Waals surface area contributed by atoms with E-state index in [0.717, 1.165) is 37.2 Å². The number of hydrogen-bond donors (Lipinski definition) is 2. The van der Waals surface area contributed by atoms with Gasteiger partial charge in [-0.25, -0.2) is 8.42 Å². The molecule has 26 heavy (non-hydrogen) atoms. The molecule has 2 N–H and O–H groups in total. The van der Waals surface area contributed by atoms with Crippen molar-refractivity contribution in [3.05, 3.63) is 17.0 Å². The molecule has 6 nitrogen and oxygen atoms in total. The Morgan fingerprint density at radius 3 is 2.73 bits per heavy atom. The van der Waals surface area contributed by atoms with Crippen LogP contribution in [-0.4, -0.2) is 50.3 Å². The smallest absolute Gasteiger partial charge is 0.253 e. The van der Waals surface area contributed by atoms with E-state index in [1.54, 1.807) is 10.4 Å². The molecule has 2 atom stereocenters. The van der Waals surface area contributed by atoms with Crippen LogP contribution in [0.3, 0.4) is 0 Å². The maximum absolute atomic E-state index is 13.2. The molecular formula is C18H29N3O3S2. The summed E-state index contributed by atoms with van der Waals surface area (Å²) >= 11 is 1.33. The Hall–Kier alpha value is -0.960. The van der Waals surface area contributed by atoms with Crippen LogP contribution < -0.4 is 10.6 Å². The maximum atomic E-state index is 13.2. The summed E-state index contributed by atoms with van der Waals surface area (Å²) in [5.74, 6) is 0.00976. The van der Waals surface area contributed by atoms with E-state index in [1.165, 1.54) is 11.3 Å². The molecule has 2 aliphatic heterocycles. The van der Waals surface area contributed by atoms with Crippen molar-refractivity contribution < 1.29 is 13.2 Å². The highest BCUT2D eigenvalue weighted by molar-refractivity contribution is 7.91. The molecule has 3 heterocycles. The molecule has 2 fully saturated rings. The average Bonchev–Trinajstić information content (AvgIpc) is 3.10. The van der Waals surface area contributed by atoms with Gasteiger partial charge in [-0.15, -0.1) is 11.3 Å². The van der Waals surface area contributed by atoms with E-state index in [4.69, 9.17) is 0 Å². The first-order valence-electron chi connectivity index (χ1n) is 9.31. The highest BCUT2D eigenvalue weighted by atomic mass is 32.2. The molecule has 8 heteroatoms. The third kappa shape index (κ3) is 4.13. The van der Waals surface area contributed by atoms with Gasteiger partial charge in [-0.05, 0) is 44.4 Å². The quantitative estimate of drug-likeness (QED) is 0.793. The van der Waals surface area contributed by atoms with Crippen molar-refractivity contribution in [3.63, 3.8) is 0 Å². The van der Waals surface area contributed by atoms with Gasteiger partial charge in [0.2, 0.25) is 5.91 Å². The average molecular weight is 400 g/mol. The van der Waals surface area contributed by atoms with E-state index in [1.807, 2.05) is 26.8 Å². The Morgan fingerprint density at radius 1 is 1.27 bits per heavy atom. The second-order valence-corrected chi connectivity index (χ2v) is 11.4. The SMILES string of the molecule is CC(C)(C)C(=O)NCCc1ccc(S(=O)(=O)N2C3CCNCC2CC3)s1. The molecule has 2 saturated heterocycles. The summed E-state index contributed by atoms with van der Waals surface area (Å²) in [5, 5.41) is 6.26. The molecule has 0 spiro atoms. The van der Waals surface area contributed by atoms with Crippen LogP contribution in [0, 0.1) is 5.41 Å². The first-order valence-corrected chi connectivity index (χ1v) is 11.6. The van der Waals surface area contributed by atoms with E-state index in [2.05, 4.69) is 10.6 Å².